The number of aryl methyl sites for hydroxylation is 1. The van der Waals surface area contributed by atoms with Gasteiger partial charge in [-0.05, 0) is 38.0 Å². The van der Waals surface area contributed by atoms with Crippen molar-refractivity contribution >= 4 is 29.3 Å². The summed E-state index contributed by atoms with van der Waals surface area (Å²) in [6.45, 7) is 4.46. The zero-order chi connectivity index (χ0) is 22.9. The molecular weight excluding hydrogens is 430 g/mol. The van der Waals surface area contributed by atoms with Gasteiger partial charge in [0.25, 0.3) is 0 Å². The molecule has 9 heteroatoms. The van der Waals surface area contributed by atoms with Crippen LogP contribution in [0.15, 0.2) is 54.7 Å². The summed E-state index contributed by atoms with van der Waals surface area (Å²) in [5, 5.41) is 10.9. The van der Waals surface area contributed by atoms with Gasteiger partial charge >= 0.3 is 5.97 Å². The lowest BCUT2D eigenvalue weighted by Gasteiger charge is -2.18. The second-order valence-corrected chi connectivity index (χ2v) is 7.40. The number of hydrogen-bond donors (Lipinski definition) is 2. The molecule has 0 saturated heterocycles. The highest BCUT2D eigenvalue weighted by molar-refractivity contribution is 6.29. The first-order chi connectivity index (χ1) is 15.5. The number of carbonyl (C=O) groups is 2. The molecule has 3 aromatic rings. The van der Waals surface area contributed by atoms with Gasteiger partial charge in [0.05, 0.1) is 24.9 Å². The number of benzene rings is 1. The summed E-state index contributed by atoms with van der Waals surface area (Å²) in [5.74, 6) is -0.127. The molecule has 3 rings (SSSR count). The first-order valence-corrected chi connectivity index (χ1v) is 10.8. The van der Waals surface area contributed by atoms with Crippen molar-refractivity contribution in [3.8, 4) is 11.3 Å². The van der Waals surface area contributed by atoms with Crippen LogP contribution in [0.2, 0.25) is 5.15 Å². The summed E-state index contributed by atoms with van der Waals surface area (Å²) in [6.07, 6.45) is 2.02. The number of ether oxygens (including phenoxy) is 1. The first-order valence-electron chi connectivity index (χ1n) is 10.4. The summed E-state index contributed by atoms with van der Waals surface area (Å²) >= 11 is 6.00. The van der Waals surface area contributed by atoms with Gasteiger partial charge in [-0.25, -0.2) is 9.67 Å². The molecule has 0 spiro atoms. The minimum atomic E-state index is -0.638. The van der Waals surface area contributed by atoms with Crippen LogP contribution in [0.1, 0.15) is 19.4 Å². The molecule has 1 unspecified atom stereocenters. The SMILES string of the molecule is CCOC(=O)CNC(Cc1ccccc1)C(=O)Nc1cc(-c2ccnc(Cl)c2)nn1CC. The minimum Gasteiger partial charge on any atom is -0.465 e. The first kappa shape index (κ1) is 23.4. The average molecular weight is 456 g/mol. The topological polar surface area (TPSA) is 98.1 Å². The summed E-state index contributed by atoms with van der Waals surface area (Å²) in [5.41, 5.74) is 2.44. The molecule has 0 aliphatic rings. The molecular formula is C23H26ClN5O3. The number of aromatic nitrogens is 3. The van der Waals surface area contributed by atoms with Crippen molar-refractivity contribution in [1.82, 2.24) is 20.1 Å². The number of nitrogens with zero attached hydrogens (tertiary/aromatic N) is 3. The summed E-state index contributed by atoms with van der Waals surface area (Å²) < 4.78 is 6.68. The van der Waals surface area contributed by atoms with E-state index >= 15 is 0 Å². The molecule has 8 nitrogen and oxygen atoms in total. The highest BCUT2D eigenvalue weighted by atomic mass is 35.5. The third kappa shape index (κ3) is 6.38. The van der Waals surface area contributed by atoms with E-state index in [1.807, 2.05) is 37.3 Å². The highest BCUT2D eigenvalue weighted by Gasteiger charge is 2.22. The number of carbonyl (C=O) groups excluding carboxylic acids is 2. The molecule has 168 valence electrons. The van der Waals surface area contributed by atoms with Gasteiger partial charge in [-0.1, -0.05) is 41.9 Å². The molecule has 0 fully saturated rings. The Bertz CT molecular complexity index is 1050. The molecule has 0 aliphatic carbocycles. The van der Waals surface area contributed by atoms with Gasteiger partial charge in [-0.2, -0.15) is 5.10 Å². The third-order valence-electron chi connectivity index (χ3n) is 4.75. The molecule has 0 aliphatic heterocycles. The Morgan fingerprint density at radius 3 is 2.62 bits per heavy atom. The van der Waals surface area contributed by atoms with Crippen molar-refractivity contribution in [2.75, 3.05) is 18.5 Å². The fourth-order valence-electron chi connectivity index (χ4n) is 3.20. The third-order valence-corrected chi connectivity index (χ3v) is 4.96. The molecule has 2 aromatic heterocycles. The Morgan fingerprint density at radius 1 is 1.16 bits per heavy atom. The summed E-state index contributed by atoms with van der Waals surface area (Å²) in [7, 11) is 0. The van der Waals surface area contributed by atoms with E-state index in [0.717, 1.165) is 11.1 Å². The van der Waals surface area contributed by atoms with Crippen molar-refractivity contribution in [2.24, 2.45) is 0 Å². The number of nitrogens with one attached hydrogen (secondary N) is 2. The van der Waals surface area contributed by atoms with E-state index < -0.39 is 12.0 Å². The minimum absolute atomic E-state index is 0.0629. The van der Waals surface area contributed by atoms with Crippen molar-refractivity contribution in [3.05, 3.63) is 65.4 Å². The van der Waals surface area contributed by atoms with Crippen LogP contribution in [0.3, 0.4) is 0 Å². The van der Waals surface area contributed by atoms with Crippen molar-refractivity contribution in [3.63, 3.8) is 0 Å². The number of esters is 1. The number of hydrogen-bond acceptors (Lipinski definition) is 6. The van der Waals surface area contributed by atoms with Crippen LogP contribution in [0.25, 0.3) is 11.3 Å². The highest BCUT2D eigenvalue weighted by Crippen LogP contribution is 2.23. The number of anilines is 1. The van der Waals surface area contributed by atoms with Gasteiger partial charge in [0.15, 0.2) is 0 Å². The fraction of sp³-hybridized carbons (Fsp3) is 0.304. The summed E-state index contributed by atoms with van der Waals surface area (Å²) in [4.78, 5) is 29.0. The van der Waals surface area contributed by atoms with E-state index in [-0.39, 0.29) is 19.1 Å². The molecule has 32 heavy (non-hydrogen) atoms. The predicted molar refractivity (Wildman–Crippen MR) is 123 cm³/mol. The molecule has 1 aromatic carbocycles. The average Bonchev–Trinajstić information content (AvgIpc) is 3.20. The Kier molecular flexibility index (Phi) is 8.35. The summed E-state index contributed by atoms with van der Waals surface area (Å²) in [6, 6.07) is 14.3. The maximum atomic E-state index is 13.2. The van der Waals surface area contributed by atoms with Crippen LogP contribution < -0.4 is 10.6 Å². The second-order valence-electron chi connectivity index (χ2n) is 7.02. The van der Waals surface area contributed by atoms with E-state index in [0.29, 0.717) is 29.6 Å². The van der Waals surface area contributed by atoms with Crippen molar-refractivity contribution in [2.45, 2.75) is 32.9 Å². The number of pyridine rings is 1. The van der Waals surface area contributed by atoms with Crippen LogP contribution in [0, 0.1) is 0 Å². The van der Waals surface area contributed by atoms with Gasteiger partial charge in [0, 0.05) is 24.4 Å². The van der Waals surface area contributed by atoms with Crippen LogP contribution in [0.4, 0.5) is 5.82 Å². The zero-order valence-electron chi connectivity index (χ0n) is 18.0. The van der Waals surface area contributed by atoms with Crippen LogP contribution in [-0.2, 0) is 27.3 Å². The van der Waals surface area contributed by atoms with Crippen molar-refractivity contribution in [1.29, 1.82) is 0 Å². The van der Waals surface area contributed by atoms with Gasteiger partial charge in [-0.3, -0.25) is 14.9 Å². The van der Waals surface area contributed by atoms with Crippen LogP contribution in [-0.4, -0.2) is 45.8 Å². The molecule has 2 heterocycles. The molecule has 2 N–H and O–H groups in total. The monoisotopic (exact) mass is 455 g/mol. The van der Waals surface area contributed by atoms with Gasteiger partial charge in [0.1, 0.15) is 11.0 Å². The largest absolute Gasteiger partial charge is 0.465 e. The van der Waals surface area contributed by atoms with E-state index in [4.69, 9.17) is 16.3 Å². The maximum Gasteiger partial charge on any atom is 0.319 e. The van der Waals surface area contributed by atoms with E-state index in [1.165, 1.54) is 0 Å². The number of amides is 1. The zero-order valence-corrected chi connectivity index (χ0v) is 18.8. The fourth-order valence-corrected chi connectivity index (χ4v) is 3.37. The standard InChI is InChI=1S/C23H26ClN5O3/c1-3-29-21(14-18(28-29)17-10-11-25-20(24)13-17)27-23(31)19(26-15-22(30)32-4-2)12-16-8-6-5-7-9-16/h5-11,13-14,19,26H,3-4,12,15H2,1-2H3,(H,27,31). The van der Waals surface area contributed by atoms with Gasteiger partial charge < -0.3 is 10.1 Å². The number of rotatable bonds is 10. The Balaban J connectivity index is 1.79. The van der Waals surface area contributed by atoms with E-state index in [9.17, 15) is 9.59 Å². The maximum absolute atomic E-state index is 13.2. The normalized spacial score (nSPS) is 11.7. The predicted octanol–water partition coefficient (Wildman–Crippen LogP) is 3.32. The Hall–Kier alpha value is -3.23. The Morgan fingerprint density at radius 2 is 1.94 bits per heavy atom. The van der Waals surface area contributed by atoms with E-state index in [1.54, 1.807) is 36.0 Å². The molecule has 0 saturated carbocycles. The Labute approximate surface area is 191 Å². The molecule has 1 amide bonds. The van der Waals surface area contributed by atoms with Crippen LogP contribution in [0.5, 0.6) is 0 Å². The lowest BCUT2D eigenvalue weighted by molar-refractivity contribution is -0.142. The number of halogens is 1. The second kappa shape index (κ2) is 11.4. The lowest BCUT2D eigenvalue weighted by Crippen LogP contribution is -2.45. The smallest absolute Gasteiger partial charge is 0.319 e. The van der Waals surface area contributed by atoms with Gasteiger partial charge in [0.2, 0.25) is 5.91 Å². The molecule has 1 atom stereocenters. The molecule has 0 radical (unpaired) electrons. The van der Waals surface area contributed by atoms with Crippen molar-refractivity contribution < 1.29 is 14.3 Å². The van der Waals surface area contributed by atoms with Crippen LogP contribution >= 0.6 is 11.6 Å². The van der Waals surface area contributed by atoms with E-state index in [2.05, 4.69) is 20.7 Å². The lowest BCUT2D eigenvalue weighted by atomic mass is 10.1. The molecule has 0 bridgehead atoms. The van der Waals surface area contributed by atoms with Gasteiger partial charge in [-0.15, -0.1) is 0 Å². The quantitative estimate of drug-likeness (QED) is 0.359.